The third-order valence-electron chi connectivity index (χ3n) is 5.06. The van der Waals surface area contributed by atoms with Crippen LogP contribution in [0.4, 0.5) is 0 Å². The monoisotopic (exact) mass is 396 g/mol. The lowest BCUT2D eigenvalue weighted by Crippen LogP contribution is -2.47. The fourth-order valence-corrected chi connectivity index (χ4v) is 3.60. The number of amides is 2. The summed E-state index contributed by atoms with van der Waals surface area (Å²) in [5.41, 5.74) is 6.04. The van der Waals surface area contributed by atoms with Gasteiger partial charge in [0.2, 0.25) is 11.8 Å². The maximum absolute atomic E-state index is 12.1. The summed E-state index contributed by atoms with van der Waals surface area (Å²) in [5.74, 6) is 0.605. The second-order valence-corrected chi connectivity index (χ2v) is 7.03. The first kappa shape index (κ1) is 24.4. The van der Waals surface area contributed by atoms with E-state index in [-0.39, 0.29) is 48.7 Å². The fraction of sp³-hybridized carbons (Fsp3) is 0.882. The van der Waals surface area contributed by atoms with Crippen molar-refractivity contribution in [3.05, 3.63) is 0 Å². The Labute approximate surface area is 163 Å². The highest BCUT2D eigenvalue weighted by Crippen LogP contribution is 2.26. The molecule has 0 radical (unpaired) electrons. The summed E-state index contributed by atoms with van der Waals surface area (Å²) in [7, 11) is 0. The van der Waals surface area contributed by atoms with E-state index in [0.29, 0.717) is 18.9 Å². The molecule has 0 bridgehead atoms. The first-order valence-corrected chi connectivity index (χ1v) is 9.12. The predicted octanol–water partition coefficient (Wildman–Crippen LogP) is 1.45. The highest BCUT2D eigenvalue weighted by atomic mass is 35.5. The summed E-state index contributed by atoms with van der Waals surface area (Å²) in [6.07, 6.45) is 6.66. The Morgan fingerprint density at radius 2 is 1.76 bits per heavy atom. The molecule has 0 aromatic heterocycles. The average Bonchev–Trinajstić information content (AvgIpc) is 2.92. The van der Waals surface area contributed by atoms with Gasteiger partial charge in [-0.2, -0.15) is 0 Å². The number of rotatable bonds is 7. The zero-order chi connectivity index (χ0) is 16.7. The number of likely N-dealkylation sites (tertiary alicyclic amines) is 1. The Balaban J connectivity index is 0.00000288. The van der Waals surface area contributed by atoms with E-state index in [1.807, 2.05) is 6.92 Å². The number of hydrogen-bond donors (Lipinski definition) is 3. The first-order chi connectivity index (χ1) is 11.1. The Kier molecular flexibility index (Phi) is 12.5. The fourth-order valence-electron chi connectivity index (χ4n) is 3.60. The van der Waals surface area contributed by atoms with Crippen LogP contribution in [0, 0.1) is 5.92 Å². The van der Waals surface area contributed by atoms with Crippen LogP contribution in [0.25, 0.3) is 0 Å². The quantitative estimate of drug-likeness (QED) is 0.607. The Hall–Kier alpha value is -0.560. The van der Waals surface area contributed by atoms with Crippen LogP contribution in [0.15, 0.2) is 0 Å². The number of carbonyl (C=O) groups is 2. The van der Waals surface area contributed by atoms with Crippen molar-refractivity contribution in [3.8, 4) is 0 Å². The molecule has 0 aromatic carbocycles. The number of piperidine rings is 1. The molecule has 0 aromatic rings. The van der Waals surface area contributed by atoms with Gasteiger partial charge in [-0.1, -0.05) is 13.3 Å². The molecule has 1 saturated heterocycles. The largest absolute Gasteiger partial charge is 0.355 e. The molecule has 1 aliphatic heterocycles. The lowest BCUT2D eigenvalue weighted by Gasteiger charge is -2.32. The van der Waals surface area contributed by atoms with Crippen LogP contribution >= 0.6 is 24.8 Å². The van der Waals surface area contributed by atoms with Gasteiger partial charge in [0, 0.05) is 38.1 Å². The lowest BCUT2D eigenvalue weighted by molar-refractivity contribution is -0.124. The van der Waals surface area contributed by atoms with E-state index in [1.165, 1.54) is 0 Å². The zero-order valence-corrected chi connectivity index (χ0v) is 16.8. The molecule has 6 nitrogen and oxygen atoms in total. The highest BCUT2D eigenvalue weighted by Gasteiger charge is 2.27. The molecule has 2 fully saturated rings. The van der Waals surface area contributed by atoms with Crippen molar-refractivity contribution >= 4 is 36.6 Å². The van der Waals surface area contributed by atoms with Gasteiger partial charge in [-0.25, -0.2) is 0 Å². The smallest absolute Gasteiger partial charge is 0.234 e. The molecule has 148 valence electrons. The molecule has 25 heavy (non-hydrogen) atoms. The van der Waals surface area contributed by atoms with Crippen molar-refractivity contribution in [2.45, 2.75) is 64.0 Å². The van der Waals surface area contributed by atoms with E-state index in [9.17, 15) is 9.59 Å². The van der Waals surface area contributed by atoms with Gasteiger partial charge in [-0.3, -0.25) is 14.5 Å². The van der Waals surface area contributed by atoms with E-state index >= 15 is 0 Å². The summed E-state index contributed by atoms with van der Waals surface area (Å²) in [6.45, 7) is 5.00. The lowest BCUT2D eigenvalue weighted by atomic mass is 9.98. The number of carbonyl (C=O) groups excluding carboxylic acids is 2. The van der Waals surface area contributed by atoms with Gasteiger partial charge in [0.25, 0.3) is 0 Å². The second kappa shape index (κ2) is 12.7. The van der Waals surface area contributed by atoms with E-state index < -0.39 is 0 Å². The van der Waals surface area contributed by atoms with E-state index in [1.54, 1.807) is 0 Å². The predicted molar refractivity (Wildman–Crippen MR) is 105 cm³/mol. The van der Waals surface area contributed by atoms with Crippen molar-refractivity contribution in [2.75, 3.05) is 26.2 Å². The minimum Gasteiger partial charge on any atom is -0.355 e. The van der Waals surface area contributed by atoms with Crippen LogP contribution in [0.3, 0.4) is 0 Å². The third kappa shape index (κ3) is 8.58. The van der Waals surface area contributed by atoms with Gasteiger partial charge >= 0.3 is 0 Å². The highest BCUT2D eigenvalue weighted by molar-refractivity contribution is 5.85. The number of nitrogens with two attached hydrogens (primary N) is 1. The molecule has 0 unspecified atom stereocenters. The van der Waals surface area contributed by atoms with Crippen molar-refractivity contribution in [1.82, 2.24) is 15.5 Å². The molecule has 1 heterocycles. The molecule has 2 rings (SSSR count). The Morgan fingerprint density at radius 3 is 2.32 bits per heavy atom. The maximum Gasteiger partial charge on any atom is 0.234 e. The van der Waals surface area contributed by atoms with Gasteiger partial charge in [0.05, 0.1) is 6.54 Å². The van der Waals surface area contributed by atoms with Gasteiger partial charge in [-0.05, 0) is 38.0 Å². The number of nitrogens with zero attached hydrogens (tertiary/aromatic N) is 1. The van der Waals surface area contributed by atoms with Gasteiger partial charge < -0.3 is 16.4 Å². The second-order valence-electron chi connectivity index (χ2n) is 7.03. The van der Waals surface area contributed by atoms with Crippen LogP contribution in [-0.4, -0.2) is 55.0 Å². The zero-order valence-electron chi connectivity index (χ0n) is 15.2. The number of halogens is 2. The normalized spacial score (nSPS) is 24.1. The van der Waals surface area contributed by atoms with Crippen molar-refractivity contribution in [2.24, 2.45) is 11.7 Å². The van der Waals surface area contributed by atoms with Crippen molar-refractivity contribution < 1.29 is 9.59 Å². The molecule has 2 amide bonds. The van der Waals surface area contributed by atoms with Crippen molar-refractivity contribution in [1.29, 1.82) is 0 Å². The van der Waals surface area contributed by atoms with Crippen LogP contribution in [0.1, 0.15) is 51.9 Å². The molecular formula is C17H34Cl2N4O2. The van der Waals surface area contributed by atoms with E-state index in [0.717, 1.165) is 58.2 Å². The molecule has 1 aliphatic carbocycles. The summed E-state index contributed by atoms with van der Waals surface area (Å²) >= 11 is 0. The molecule has 1 saturated carbocycles. The molecule has 2 atom stereocenters. The average molecular weight is 397 g/mol. The standard InChI is InChI=1S/C17H32N4O2.2ClH/c1-2-8-19-17(23)12-21-9-6-14(7-10-21)20-16(22)11-13-4-3-5-15(13)18;;/h13-15H,2-12,18H2,1H3,(H,19,23)(H,20,22);2*1H/t13-,15+;;/m0../s1. The van der Waals surface area contributed by atoms with E-state index in [4.69, 9.17) is 5.73 Å². The summed E-state index contributed by atoms with van der Waals surface area (Å²) < 4.78 is 0. The molecular weight excluding hydrogens is 363 g/mol. The topological polar surface area (TPSA) is 87.5 Å². The Bertz CT molecular complexity index is 404. The molecule has 4 N–H and O–H groups in total. The first-order valence-electron chi connectivity index (χ1n) is 9.12. The van der Waals surface area contributed by atoms with Crippen LogP contribution < -0.4 is 16.4 Å². The summed E-state index contributed by atoms with van der Waals surface area (Å²) in [5, 5.41) is 6.06. The summed E-state index contributed by atoms with van der Waals surface area (Å²) in [6, 6.07) is 0.444. The minimum atomic E-state index is 0. The maximum atomic E-state index is 12.1. The van der Waals surface area contributed by atoms with Crippen molar-refractivity contribution in [3.63, 3.8) is 0 Å². The molecule has 8 heteroatoms. The summed E-state index contributed by atoms with van der Waals surface area (Å²) in [4.78, 5) is 26.0. The van der Waals surface area contributed by atoms with Gasteiger partial charge in [-0.15, -0.1) is 24.8 Å². The van der Waals surface area contributed by atoms with E-state index in [2.05, 4.69) is 15.5 Å². The Morgan fingerprint density at radius 1 is 1.08 bits per heavy atom. The number of nitrogens with one attached hydrogen (secondary N) is 2. The van der Waals surface area contributed by atoms with Gasteiger partial charge in [0.1, 0.15) is 0 Å². The SMILES string of the molecule is CCCNC(=O)CN1CCC(NC(=O)C[C@@H]2CCC[C@H]2N)CC1.Cl.Cl. The van der Waals surface area contributed by atoms with Crippen LogP contribution in [0.2, 0.25) is 0 Å². The molecule has 0 spiro atoms. The van der Waals surface area contributed by atoms with Crippen LogP contribution in [0.5, 0.6) is 0 Å². The minimum absolute atomic E-state index is 0. The number of hydrogen-bond acceptors (Lipinski definition) is 4. The third-order valence-corrected chi connectivity index (χ3v) is 5.06. The van der Waals surface area contributed by atoms with Gasteiger partial charge in [0.15, 0.2) is 0 Å². The van der Waals surface area contributed by atoms with Crippen LogP contribution in [-0.2, 0) is 9.59 Å². The molecule has 2 aliphatic rings.